The molecule has 0 aromatic rings. The summed E-state index contributed by atoms with van der Waals surface area (Å²) in [5, 5.41) is 9.22. The highest BCUT2D eigenvalue weighted by Gasteiger charge is 2.15. The number of aliphatic hydroxyl groups excluding tert-OH is 1. The maximum absolute atomic E-state index is 9.22. The second-order valence-electron chi connectivity index (χ2n) is 2.89. The summed E-state index contributed by atoms with van der Waals surface area (Å²) >= 11 is 0. The monoisotopic (exact) mass is 144 g/mol. The Morgan fingerprint density at radius 1 is 1.60 bits per heavy atom. The molecule has 0 bridgehead atoms. The molecule has 1 aliphatic rings. The van der Waals surface area contributed by atoms with Gasteiger partial charge in [0.05, 0.1) is 6.10 Å². The van der Waals surface area contributed by atoms with E-state index in [1.54, 1.807) is 0 Å². The van der Waals surface area contributed by atoms with Crippen molar-refractivity contribution in [3.05, 3.63) is 0 Å². The molecule has 10 heavy (non-hydrogen) atoms. The van der Waals surface area contributed by atoms with E-state index in [0.29, 0.717) is 6.54 Å². The van der Waals surface area contributed by atoms with Crippen LogP contribution in [0, 0.1) is 0 Å². The molecule has 0 saturated carbocycles. The summed E-state index contributed by atoms with van der Waals surface area (Å²) in [7, 11) is 0. The molecule has 1 atom stereocenters. The zero-order valence-corrected chi connectivity index (χ0v) is 6.29. The summed E-state index contributed by atoms with van der Waals surface area (Å²) in [6.07, 6.45) is 1.96. The molecule has 1 fully saturated rings. The summed E-state index contributed by atoms with van der Waals surface area (Å²) in [6, 6.07) is 0. The van der Waals surface area contributed by atoms with Gasteiger partial charge in [0.2, 0.25) is 0 Å². The van der Waals surface area contributed by atoms with Crippen LogP contribution in [-0.4, -0.2) is 42.3 Å². The first-order valence-corrected chi connectivity index (χ1v) is 3.93. The summed E-state index contributed by atoms with van der Waals surface area (Å²) < 4.78 is 0. The number of aliphatic hydroxyl groups is 1. The van der Waals surface area contributed by atoms with Crippen LogP contribution in [-0.2, 0) is 0 Å². The zero-order chi connectivity index (χ0) is 7.40. The highest BCUT2D eigenvalue weighted by molar-refractivity contribution is 4.71. The number of β-amino-alcohol motifs (C(OH)–C–C–N with tert-alkyl or cyclic N) is 1. The molecular formula is C7H16N2O. The van der Waals surface area contributed by atoms with Crippen molar-refractivity contribution < 1.29 is 5.11 Å². The minimum Gasteiger partial charge on any atom is -0.392 e. The summed E-state index contributed by atoms with van der Waals surface area (Å²) in [6.45, 7) is 3.55. The van der Waals surface area contributed by atoms with Crippen molar-refractivity contribution in [2.45, 2.75) is 18.9 Å². The van der Waals surface area contributed by atoms with Gasteiger partial charge < -0.3 is 10.8 Å². The molecule has 1 rings (SSSR count). The van der Waals surface area contributed by atoms with Crippen LogP contribution in [0.2, 0.25) is 0 Å². The van der Waals surface area contributed by atoms with Gasteiger partial charge in [-0.15, -0.1) is 0 Å². The third-order valence-corrected chi connectivity index (χ3v) is 1.93. The van der Waals surface area contributed by atoms with E-state index in [1.165, 1.54) is 0 Å². The maximum Gasteiger partial charge on any atom is 0.0667 e. The molecule has 0 radical (unpaired) electrons. The predicted molar refractivity (Wildman–Crippen MR) is 40.7 cm³/mol. The molecule has 60 valence electrons. The second-order valence-corrected chi connectivity index (χ2v) is 2.89. The van der Waals surface area contributed by atoms with Crippen LogP contribution in [0.25, 0.3) is 0 Å². The number of likely N-dealkylation sites (tertiary alicyclic amines) is 1. The Morgan fingerprint density at radius 2 is 2.40 bits per heavy atom. The first-order chi connectivity index (χ1) is 4.83. The van der Waals surface area contributed by atoms with Gasteiger partial charge in [0.1, 0.15) is 0 Å². The van der Waals surface area contributed by atoms with Gasteiger partial charge in [0.15, 0.2) is 0 Å². The average molecular weight is 144 g/mol. The van der Waals surface area contributed by atoms with Crippen molar-refractivity contribution >= 4 is 0 Å². The van der Waals surface area contributed by atoms with Crippen LogP contribution in [0.1, 0.15) is 12.8 Å². The molecule has 1 unspecified atom stereocenters. The lowest BCUT2D eigenvalue weighted by atomic mass is 10.1. The molecule has 0 aliphatic carbocycles. The van der Waals surface area contributed by atoms with E-state index in [2.05, 4.69) is 4.90 Å². The van der Waals surface area contributed by atoms with Crippen LogP contribution in [0.4, 0.5) is 0 Å². The fraction of sp³-hybridized carbons (Fsp3) is 1.00. The van der Waals surface area contributed by atoms with Crippen LogP contribution >= 0.6 is 0 Å². The van der Waals surface area contributed by atoms with Crippen molar-refractivity contribution in [2.24, 2.45) is 5.73 Å². The Kier molecular flexibility index (Phi) is 3.12. The lowest BCUT2D eigenvalue weighted by molar-refractivity contribution is 0.0725. The third kappa shape index (κ3) is 2.25. The lowest BCUT2D eigenvalue weighted by Gasteiger charge is -2.29. The van der Waals surface area contributed by atoms with E-state index in [1.807, 2.05) is 0 Å². The SMILES string of the molecule is NCCN1CCCC(O)C1. The Labute approximate surface area is 61.8 Å². The third-order valence-electron chi connectivity index (χ3n) is 1.93. The molecule has 0 aromatic carbocycles. The first-order valence-electron chi connectivity index (χ1n) is 3.93. The topological polar surface area (TPSA) is 49.5 Å². The minimum absolute atomic E-state index is 0.111. The number of hydrogen-bond donors (Lipinski definition) is 2. The smallest absolute Gasteiger partial charge is 0.0667 e. The van der Waals surface area contributed by atoms with Crippen molar-refractivity contribution in [1.29, 1.82) is 0 Å². The van der Waals surface area contributed by atoms with Crippen molar-refractivity contribution in [2.75, 3.05) is 26.2 Å². The fourth-order valence-corrected chi connectivity index (χ4v) is 1.42. The fourth-order valence-electron chi connectivity index (χ4n) is 1.42. The number of nitrogens with two attached hydrogens (primary N) is 1. The summed E-state index contributed by atoms with van der Waals surface area (Å²) in [5.74, 6) is 0. The summed E-state index contributed by atoms with van der Waals surface area (Å²) in [5.41, 5.74) is 5.38. The molecule has 1 heterocycles. The largest absolute Gasteiger partial charge is 0.392 e. The molecule has 3 heteroatoms. The van der Waals surface area contributed by atoms with Gasteiger partial charge in [0.25, 0.3) is 0 Å². The first kappa shape index (κ1) is 7.98. The van der Waals surface area contributed by atoms with Gasteiger partial charge in [-0.1, -0.05) is 0 Å². The Bertz CT molecular complexity index is 95.6. The van der Waals surface area contributed by atoms with Gasteiger partial charge in [-0.25, -0.2) is 0 Å². The number of hydrogen-bond acceptors (Lipinski definition) is 3. The van der Waals surface area contributed by atoms with E-state index < -0.39 is 0 Å². The predicted octanol–water partition coefficient (Wildman–Crippen LogP) is -0.598. The Balaban J connectivity index is 2.18. The van der Waals surface area contributed by atoms with E-state index in [0.717, 1.165) is 32.5 Å². The van der Waals surface area contributed by atoms with Crippen LogP contribution in [0.5, 0.6) is 0 Å². The number of piperidine rings is 1. The van der Waals surface area contributed by atoms with Crippen LogP contribution < -0.4 is 5.73 Å². The van der Waals surface area contributed by atoms with Crippen molar-refractivity contribution in [3.63, 3.8) is 0 Å². The summed E-state index contributed by atoms with van der Waals surface area (Å²) in [4.78, 5) is 2.22. The van der Waals surface area contributed by atoms with Crippen molar-refractivity contribution in [3.8, 4) is 0 Å². The quantitative estimate of drug-likeness (QED) is 0.544. The van der Waals surface area contributed by atoms with Gasteiger partial charge in [-0.3, -0.25) is 4.90 Å². The molecule has 0 spiro atoms. The van der Waals surface area contributed by atoms with E-state index >= 15 is 0 Å². The van der Waals surface area contributed by atoms with Gasteiger partial charge >= 0.3 is 0 Å². The average Bonchev–Trinajstić information content (AvgIpc) is 1.88. The molecule has 0 amide bonds. The molecule has 1 saturated heterocycles. The molecule has 3 nitrogen and oxygen atoms in total. The van der Waals surface area contributed by atoms with Gasteiger partial charge in [-0.05, 0) is 19.4 Å². The number of nitrogens with zero attached hydrogens (tertiary/aromatic N) is 1. The Hall–Kier alpha value is -0.120. The maximum atomic E-state index is 9.22. The number of rotatable bonds is 2. The Morgan fingerprint density at radius 3 is 3.00 bits per heavy atom. The van der Waals surface area contributed by atoms with E-state index in [-0.39, 0.29) is 6.10 Å². The van der Waals surface area contributed by atoms with E-state index in [9.17, 15) is 5.11 Å². The van der Waals surface area contributed by atoms with Gasteiger partial charge in [-0.2, -0.15) is 0 Å². The molecule has 0 aromatic heterocycles. The standard InChI is InChI=1S/C7H16N2O/c8-3-5-9-4-1-2-7(10)6-9/h7,10H,1-6,8H2. The highest BCUT2D eigenvalue weighted by Crippen LogP contribution is 2.08. The normalized spacial score (nSPS) is 28.8. The second kappa shape index (κ2) is 3.91. The van der Waals surface area contributed by atoms with Crippen LogP contribution in [0.15, 0.2) is 0 Å². The molecular weight excluding hydrogens is 128 g/mol. The molecule has 3 N–H and O–H groups in total. The highest BCUT2D eigenvalue weighted by atomic mass is 16.3. The minimum atomic E-state index is -0.111. The van der Waals surface area contributed by atoms with Crippen LogP contribution in [0.3, 0.4) is 0 Å². The zero-order valence-electron chi connectivity index (χ0n) is 6.29. The molecule has 1 aliphatic heterocycles. The van der Waals surface area contributed by atoms with Gasteiger partial charge in [0, 0.05) is 19.6 Å². The lowest BCUT2D eigenvalue weighted by Crippen LogP contribution is -2.40. The van der Waals surface area contributed by atoms with E-state index in [4.69, 9.17) is 5.73 Å². The van der Waals surface area contributed by atoms with Crippen molar-refractivity contribution in [1.82, 2.24) is 4.90 Å².